The lowest BCUT2D eigenvalue weighted by molar-refractivity contribution is 0.0931. The molecular formula is C22H22N4O3. The molecule has 3 aromatic heterocycles. The smallest absolute Gasteiger partial charge is 0.259 e. The molecule has 1 amide bonds. The lowest BCUT2D eigenvalue weighted by Crippen LogP contribution is -2.35. The number of amides is 1. The number of carbonyl (C=O) groups excluding carboxylic acids is 1. The average molecular weight is 390 g/mol. The highest BCUT2D eigenvalue weighted by molar-refractivity contribution is 6.07. The molecule has 148 valence electrons. The number of fused-ring (bicyclic) bond motifs is 1. The lowest BCUT2D eigenvalue weighted by Gasteiger charge is -2.23. The van der Waals surface area contributed by atoms with Crippen LogP contribution in [0, 0.1) is 6.92 Å². The molecule has 0 fully saturated rings. The topological polar surface area (TPSA) is 84.4 Å². The Morgan fingerprint density at radius 2 is 1.97 bits per heavy atom. The fourth-order valence-electron chi connectivity index (χ4n) is 3.35. The van der Waals surface area contributed by atoms with Crippen LogP contribution in [0.2, 0.25) is 0 Å². The summed E-state index contributed by atoms with van der Waals surface area (Å²) in [5.74, 6) is 0.343. The Morgan fingerprint density at radius 3 is 2.66 bits per heavy atom. The standard InChI is InChI=1S/C22H22N4O3/c1-14-20-16(12-17(19-10-7-11-28-19)24-22(20)29-25-14)21(27)23-18(13-26(2)3)15-8-5-4-6-9-15/h4-12,18H,13H2,1-3H3,(H,23,27)/t18-/m0/s1. The third kappa shape index (κ3) is 3.90. The van der Waals surface area contributed by atoms with Gasteiger partial charge < -0.3 is 19.2 Å². The van der Waals surface area contributed by atoms with Gasteiger partial charge in [-0.15, -0.1) is 0 Å². The van der Waals surface area contributed by atoms with Crippen molar-refractivity contribution in [3.05, 3.63) is 71.6 Å². The number of aryl methyl sites for hydroxylation is 1. The predicted molar refractivity (Wildman–Crippen MR) is 109 cm³/mol. The zero-order chi connectivity index (χ0) is 20.4. The number of rotatable bonds is 6. The molecule has 7 nitrogen and oxygen atoms in total. The van der Waals surface area contributed by atoms with Gasteiger partial charge in [-0.2, -0.15) is 0 Å². The van der Waals surface area contributed by atoms with Crippen LogP contribution in [-0.4, -0.2) is 41.6 Å². The van der Waals surface area contributed by atoms with Crippen molar-refractivity contribution in [2.45, 2.75) is 13.0 Å². The molecule has 1 aromatic carbocycles. The molecule has 0 aliphatic rings. The van der Waals surface area contributed by atoms with Crippen molar-refractivity contribution in [3.63, 3.8) is 0 Å². The highest BCUT2D eigenvalue weighted by Gasteiger charge is 2.23. The molecule has 1 atom stereocenters. The number of carbonyl (C=O) groups is 1. The number of nitrogens with one attached hydrogen (secondary N) is 1. The average Bonchev–Trinajstić information content (AvgIpc) is 3.37. The van der Waals surface area contributed by atoms with Gasteiger partial charge in [0.15, 0.2) is 5.76 Å². The van der Waals surface area contributed by atoms with Crippen molar-refractivity contribution in [2.75, 3.05) is 20.6 Å². The summed E-state index contributed by atoms with van der Waals surface area (Å²) < 4.78 is 10.8. The van der Waals surface area contributed by atoms with Crippen molar-refractivity contribution >= 4 is 17.0 Å². The summed E-state index contributed by atoms with van der Waals surface area (Å²) in [5, 5.41) is 7.75. The van der Waals surface area contributed by atoms with Gasteiger partial charge in [0.05, 0.1) is 28.9 Å². The van der Waals surface area contributed by atoms with Crippen LogP contribution in [0.3, 0.4) is 0 Å². The van der Waals surface area contributed by atoms with E-state index >= 15 is 0 Å². The normalized spacial score (nSPS) is 12.4. The molecule has 0 bridgehead atoms. The van der Waals surface area contributed by atoms with Gasteiger partial charge in [0.1, 0.15) is 5.69 Å². The minimum Gasteiger partial charge on any atom is -0.463 e. The molecule has 4 aromatic rings. The highest BCUT2D eigenvalue weighted by Crippen LogP contribution is 2.28. The van der Waals surface area contributed by atoms with E-state index in [1.165, 1.54) is 0 Å². The van der Waals surface area contributed by atoms with E-state index in [0.717, 1.165) is 5.56 Å². The quantitative estimate of drug-likeness (QED) is 0.539. The number of hydrogen-bond donors (Lipinski definition) is 1. The molecule has 0 saturated carbocycles. The largest absolute Gasteiger partial charge is 0.463 e. The fraction of sp³-hybridized carbons (Fsp3) is 0.227. The molecule has 3 heterocycles. The van der Waals surface area contributed by atoms with Crippen LogP contribution < -0.4 is 5.32 Å². The van der Waals surface area contributed by atoms with Gasteiger partial charge in [0, 0.05) is 6.54 Å². The number of benzene rings is 1. The van der Waals surface area contributed by atoms with Gasteiger partial charge in [-0.3, -0.25) is 4.79 Å². The van der Waals surface area contributed by atoms with E-state index in [-0.39, 0.29) is 11.9 Å². The summed E-state index contributed by atoms with van der Waals surface area (Å²) in [5.41, 5.74) is 2.94. The Morgan fingerprint density at radius 1 is 1.17 bits per heavy atom. The van der Waals surface area contributed by atoms with Crippen molar-refractivity contribution in [1.29, 1.82) is 0 Å². The number of hydrogen-bond acceptors (Lipinski definition) is 6. The first-order valence-electron chi connectivity index (χ1n) is 9.34. The zero-order valence-electron chi connectivity index (χ0n) is 16.5. The van der Waals surface area contributed by atoms with Crippen molar-refractivity contribution in [3.8, 4) is 11.5 Å². The summed E-state index contributed by atoms with van der Waals surface area (Å²) in [6.45, 7) is 2.46. The Bertz CT molecular complexity index is 1120. The van der Waals surface area contributed by atoms with E-state index in [0.29, 0.717) is 40.4 Å². The highest BCUT2D eigenvalue weighted by atomic mass is 16.5. The van der Waals surface area contributed by atoms with E-state index in [1.807, 2.05) is 49.3 Å². The molecule has 0 unspecified atom stereocenters. The Kier molecular flexibility index (Phi) is 5.14. The van der Waals surface area contributed by atoms with E-state index in [4.69, 9.17) is 8.94 Å². The molecule has 29 heavy (non-hydrogen) atoms. The summed E-state index contributed by atoms with van der Waals surface area (Å²) in [6.07, 6.45) is 1.56. The first-order chi connectivity index (χ1) is 14.0. The molecular weight excluding hydrogens is 368 g/mol. The number of pyridine rings is 1. The number of furan rings is 1. The Hall–Kier alpha value is -3.45. The summed E-state index contributed by atoms with van der Waals surface area (Å²) in [4.78, 5) is 19.8. The van der Waals surface area contributed by atoms with Crippen LogP contribution in [0.4, 0.5) is 0 Å². The van der Waals surface area contributed by atoms with Crippen molar-refractivity contribution in [1.82, 2.24) is 20.4 Å². The molecule has 4 rings (SSSR count). The minimum atomic E-state index is -0.216. The van der Waals surface area contributed by atoms with Gasteiger partial charge in [-0.05, 0) is 44.8 Å². The maximum atomic E-state index is 13.3. The van der Waals surface area contributed by atoms with E-state index in [2.05, 4.69) is 15.5 Å². The van der Waals surface area contributed by atoms with E-state index in [9.17, 15) is 4.79 Å². The first kappa shape index (κ1) is 18.9. The molecule has 1 N–H and O–H groups in total. The number of aromatic nitrogens is 2. The van der Waals surface area contributed by atoms with Crippen molar-refractivity contribution < 1.29 is 13.7 Å². The van der Waals surface area contributed by atoms with E-state index < -0.39 is 0 Å². The molecule has 0 aliphatic carbocycles. The first-order valence-corrected chi connectivity index (χ1v) is 9.34. The third-order valence-electron chi connectivity index (χ3n) is 4.69. The van der Waals surface area contributed by atoms with Crippen LogP contribution in [-0.2, 0) is 0 Å². The van der Waals surface area contributed by atoms with E-state index in [1.54, 1.807) is 31.4 Å². The SMILES string of the molecule is Cc1noc2nc(-c3ccco3)cc(C(=O)N[C@@H](CN(C)C)c3ccccc3)c12. The predicted octanol–water partition coefficient (Wildman–Crippen LogP) is 3.82. The van der Waals surface area contributed by atoms with Gasteiger partial charge in [0.2, 0.25) is 0 Å². The second kappa shape index (κ2) is 7.89. The molecule has 0 aliphatic heterocycles. The molecule has 0 spiro atoms. The second-order valence-electron chi connectivity index (χ2n) is 7.18. The maximum Gasteiger partial charge on any atom is 0.259 e. The number of nitrogens with zero attached hydrogens (tertiary/aromatic N) is 3. The second-order valence-corrected chi connectivity index (χ2v) is 7.18. The van der Waals surface area contributed by atoms with Crippen LogP contribution in [0.25, 0.3) is 22.6 Å². The Labute approximate surface area is 168 Å². The van der Waals surface area contributed by atoms with Gasteiger partial charge in [0.25, 0.3) is 11.6 Å². The molecule has 0 radical (unpaired) electrons. The fourth-order valence-corrected chi connectivity index (χ4v) is 3.35. The molecule has 0 saturated heterocycles. The summed E-state index contributed by atoms with van der Waals surface area (Å²) in [6, 6.07) is 15.0. The maximum absolute atomic E-state index is 13.3. The summed E-state index contributed by atoms with van der Waals surface area (Å²) >= 11 is 0. The Balaban J connectivity index is 1.74. The summed E-state index contributed by atoms with van der Waals surface area (Å²) in [7, 11) is 3.96. The van der Waals surface area contributed by atoms with Crippen LogP contribution in [0.5, 0.6) is 0 Å². The van der Waals surface area contributed by atoms with Crippen LogP contribution in [0.1, 0.15) is 27.7 Å². The molecule has 7 heteroatoms. The van der Waals surface area contributed by atoms with Crippen LogP contribution >= 0.6 is 0 Å². The van der Waals surface area contributed by atoms with Gasteiger partial charge >= 0.3 is 0 Å². The van der Waals surface area contributed by atoms with Gasteiger partial charge in [-0.1, -0.05) is 35.5 Å². The monoisotopic (exact) mass is 390 g/mol. The zero-order valence-corrected chi connectivity index (χ0v) is 16.5. The van der Waals surface area contributed by atoms with Gasteiger partial charge in [-0.25, -0.2) is 4.98 Å². The minimum absolute atomic E-state index is 0.172. The lowest BCUT2D eigenvalue weighted by atomic mass is 10.0. The van der Waals surface area contributed by atoms with Crippen molar-refractivity contribution in [2.24, 2.45) is 0 Å². The third-order valence-corrected chi connectivity index (χ3v) is 4.69. The number of likely N-dealkylation sites (N-methyl/N-ethyl adjacent to an activating group) is 1. The van der Waals surface area contributed by atoms with Crippen LogP contribution in [0.15, 0.2) is 63.7 Å².